The number of hydrogen-bond donors (Lipinski definition) is 1. The van der Waals surface area contributed by atoms with Gasteiger partial charge in [-0.3, -0.25) is 4.79 Å². The van der Waals surface area contributed by atoms with Crippen LogP contribution in [0.3, 0.4) is 0 Å². The number of nitrogens with one attached hydrogen (secondary N) is 1. The fraction of sp³-hybridized carbons (Fsp3) is 0.611. The van der Waals surface area contributed by atoms with Crippen LogP contribution in [0.5, 0.6) is 0 Å². The molecule has 5 nitrogen and oxygen atoms in total. The summed E-state index contributed by atoms with van der Waals surface area (Å²) < 4.78 is 26.5. The topological polar surface area (TPSA) is 66.5 Å². The first-order chi connectivity index (χ1) is 11.5. The van der Waals surface area contributed by atoms with Gasteiger partial charge in [0.25, 0.3) is 5.91 Å². The van der Waals surface area contributed by atoms with Crippen LogP contribution in [0.1, 0.15) is 48.9 Å². The molecule has 3 atom stereocenters. The van der Waals surface area contributed by atoms with E-state index in [-0.39, 0.29) is 10.8 Å². The third-order valence-electron chi connectivity index (χ3n) is 5.87. The van der Waals surface area contributed by atoms with Crippen molar-refractivity contribution in [1.29, 1.82) is 0 Å². The van der Waals surface area contributed by atoms with Gasteiger partial charge >= 0.3 is 0 Å². The lowest BCUT2D eigenvalue weighted by Gasteiger charge is -2.23. The number of sulfonamides is 1. The minimum atomic E-state index is -3.41. The van der Waals surface area contributed by atoms with Crippen molar-refractivity contribution in [3.8, 4) is 0 Å². The summed E-state index contributed by atoms with van der Waals surface area (Å²) in [5, 5.41) is 3.14. The first kappa shape index (κ1) is 16.1. The van der Waals surface area contributed by atoms with E-state index in [2.05, 4.69) is 5.32 Å². The molecule has 0 spiro atoms. The van der Waals surface area contributed by atoms with Gasteiger partial charge in [-0.2, -0.15) is 4.31 Å². The van der Waals surface area contributed by atoms with Crippen LogP contribution in [0.2, 0.25) is 0 Å². The van der Waals surface area contributed by atoms with Crippen molar-refractivity contribution in [2.75, 3.05) is 13.1 Å². The Balaban J connectivity index is 1.44. The van der Waals surface area contributed by atoms with Crippen LogP contribution in [0.15, 0.2) is 29.2 Å². The summed E-state index contributed by atoms with van der Waals surface area (Å²) in [6.07, 6.45) is 6.71. The Morgan fingerprint density at radius 2 is 1.75 bits per heavy atom. The fourth-order valence-electron chi connectivity index (χ4n) is 4.53. The van der Waals surface area contributed by atoms with E-state index in [1.54, 1.807) is 24.3 Å². The summed E-state index contributed by atoms with van der Waals surface area (Å²) in [6.45, 7) is 1.18. The van der Waals surface area contributed by atoms with Crippen molar-refractivity contribution >= 4 is 15.9 Å². The summed E-state index contributed by atoms with van der Waals surface area (Å²) in [4.78, 5) is 12.7. The van der Waals surface area contributed by atoms with Gasteiger partial charge in [0.1, 0.15) is 0 Å². The molecule has 1 aliphatic heterocycles. The van der Waals surface area contributed by atoms with Crippen LogP contribution in [-0.2, 0) is 10.0 Å². The molecule has 6 heteroatoms. The molecular formula is C18H24N2O3S. The summed E-state index contributed by atoms with van der Waals surface area (Å²) in [5.41, 5.74) is 0.540. The highest BCUT2D eigenvalue weighted by Gasteiger charge is 2.40. The van der Waals surface area contributed by atoms with Crippen LogP contribution in [-0.4, -0.2) is 37.8 Å². The SMILES string of the molecule is O=C(N[C@@H]1C[C@H]2CC[C@H]1C2)c1ccc(S(=O)(=O)N2CCCC2)cc1. The van der Waals surface area contributed by atoms with Crippen LogP contribution in [0, 0.1) is 11.8 Å². The Bertz CT molecular complexity index is 723. The fourth-order valence-corrected chi connectivity index (χ4v) is 6.05. The van der Waals surface area contributed by atoms with Gasteiger partial charge in [0.05, 0.1) is 4.90 Å². The number of amides is 1. The molecule has 2 bridgehead atoms. The van der Waals surface area contributed by atoms with E-state index < -0.39 is 10.0 Å². The van der Waals surface area contributed by atoms with Gasteiger partial charge < -0.3 is 5.32 Å². The molecule has 2 saturated carbocycles. The number of nitrogens with zero attached hydrogens (tertiary/aromatic N) is 1. The van der Waals surface area contributed by atoms with Crippen LogP contribution in [0.4, 0.5) is 0 Å². The average Bonchev–Trinajstić information content (AvgIpc) is 3.32. The zero-order valence-electron chi connectivity index (χ0n) is 13.8. The van der Waals surface area contributed by atoms with E-state index in [4.69, 9.17) is 0 Å². The maximum absolute atomic E-state index is 12.5. The zero-order valence-corrected chi connectivity index (χ0v) is 14.6. The van der Waals surface area contributed by atoms with E-state index in [1.165, 1.54) is 23.6 Å². The predicted molar refractivity (Wildman–Crippen MR) is 91.1 cm³/mol. The molecule has 1 heterocycles. The lowest BCUT2D eigenvalue weighted by Crippen LogP contribution is -2.38. The molecule has 1 N–H and O–H groups in total. The van der Waals surface area contributed by atoms with Gasteiger partial charge in [-0.15, -0.1) is 0 Å². The standard InChI is InChI=1S/C18H24N2O3S/c21-18(19-17-12-13-3-4-15(17)11-13)14-5-7-16(8-6-14)24(22,23)20-9-1-2-10-20/h5-8,13,15,17H,1-4,9-12H2,(H,19,21)/t13-,15-,17+/m0/s1. The van der Waals surface area contributed by atoms with Crippen LogP contribution in [0.25, 0.3) is 0 Å². The molecule has 24 heavy (non-hydrogen) atoms. The Kier molecular flexibility index (Phi) is 4.12. The van der Waals surface area contributed by atoms with Crippen molar-refractivity contribution in [2.24, 2.45) is 11.8 Å². The Labute approximate surface area is 143 Å². The number of hydrogen-bond acceptors (Lipinski definition) is 3. The summed E-state index contributed by atoms with van der Waals surface area (Å²) in [7, 11) is -3.41. The number of carbonyl (C=O) groups excluding carboxylic acids is 1. The largest absolute Gasteiger partial charge is 0.349 e. The smallest absolute Gasteiger partial charge is 0.251 e. The van der Waals surface area contributed by atoms with E-state index in [0.29, 0.717) is 30.6 Å². The molecule has 0 aromatic heterocycles. The van der Waals surface area contributed by atoms with E-state index in [9.17, 15) is 13.2 Å². The number of rotatable bonds is 4. The van der Waals surface area contributed by atoms with Gasteiger partial charge in [0, 0.05) is 24.7 Å². The number of fused-ring (bicyclic) bond motifs is 2. The first-order valence-electron chi connectivity index (χ1n) is 8.95. The molecule has 1 amide bonds. The summed E-state index contributed by atoms with van der Waals surface area (Å²) >= 11 is 0. The molecule has 1 aromatic carbocycles. The molecule has 1 aromatic rings. The third kappa shape index (κ3) is 2.86. The molecule has 2 aliphatic carbocycles. The van der Waals surface area contributed by atoms with Gasteiger partial charge in [0.2, 0.25) is 10.0 Å². The van der Waals surface area contributed by atoms with Crippen molar-refractivity contribution in [2.45, 2.75) is 49.5 Å². The Morgan fingerprint density at radius 3 is 2.33 bits per heavy atom. The van der Waals surface area contributed by atoms with Gasteiger partial charge in [-0.05, 0) is 68.2 Å². The summed E-state index contributed by atoms with van der Waals surface area (Å²) in [5.74, 6) is 1.33. The van der Waals surface area contributed by atoms with Gasteiger partial charge in [-0.1, -0.05) is 6.42 Å². The monoisotopic (exact) mass is 348 g/mol. The third-order valence-corrected chi connectivity index (χ3v) is 7.79. The predicted octanol–water partition coefficient (Wildman–Crippen LogP) is 2.39. The maximum atomic E-state index is 12.5. The van der Waals surface area contributed by atoms with Crippen molar-refractivity contribution in [3.63, 3.8) is 0 Å². The van der Waals surface area contributed by atoms with Crippen molar-refractivity contribution in [1.82, 2.24) is 9.62 Å². The minimum Gasteiger partial charge on any atom is -0.349 e. The molecule has 130 valence electrons. The maximum Gasteiger partial charge on any atom is 0.251 e. The Morgan fingerprint density at radius 1 is 1.04 bits per heavy atom. The number of benzene rings is 1. The van der Waals surface area contributed by atoms with Gasteiger partial charge in [-0.25, -0.2) is 8.42 Å². The average molecular weight is 348 g/mol. The normalized spacial score (nSPS) is 29.9. The second-order valence-corrected chi connectivity index (χ2v) is 9.33. The number of carbonyl (C=O) groups is 1. The molecule has 4 rings (SSSR count). The van der Waals surface area contributed by atoms with E-state index in [1.807, 2.05) is 0 Å². The molecular weight excluding hydrogens is 324 g/mol. The summed E-state index contributed by atoms with van der Waals surface area (Å²) in [6, 6.07) is 6.67. The lowest BCUT2D eigenvalue weighted by molar-refractivity contribution is 0.0923. The molecule has 1 saturated heterocycles. The van der Waals surface area contributed by atoms with Crippen LogP contribution >= 0.6 is 0 Å². The Hall–Kier alpha value is -1.40. The van der Waals surface area contributed by atoms with E-state index >= 15 is 0 Å². The highest BCUT2D eigenvalue weighted by Crippen LogP contribution is 2.44. The highest BCUT2D eigenvalue weighted by molar-refractivity contribution is 7.89. The van der Waals surface area contributed by atoms with E-state index in [0.717, 1.165) is 25.2 Å². The zero-order chi connectivity index (χ0) is 16.7. The highest BCUT2D eigenvalue weighted by atomic mass is 32.2. The van der Waals surface area contributed by atoms with Crippen molar-refractivity contribution in [3.05, 3.63) is 29.8 Å². The van der Waals surface area contributed by atoms with Gasteiger partial charge in [0.15, 0.2) is 0 Å². The first-order valence-corrected chi connectivity index (χ1v) is 10.4. The van der Waals surface area contributed by atoms with Crippen LogP contribution < -0.4 is 5.32 Å². The lowest BCUT2D eigenvalue weighted by atomic mass is 9.95. The molecule has 0 unspecified atom stereocenters. The quantitative estimate of drug-likeness (QED) is 0.908. The second kappa shape index (κ2) is 6.15. The van der Waals surface area contributed by atoms with Crippen molar-refractivity contribution < 1.29 is 13.2 Å². The molecule has 3 aliphatic rings. The molecule has 0 radical (unpaired) electrons. The molecule has 3 fully saturated rings. The second-order valence-electron chi connectivity index (χ2n) is 7.39. The minimum absolute atomic E-state index is 0.0855.